The molecule has 1 aliphatic heterocycles. The summed E-state index contributed by atoms with van der Waals surface area (Å²) in [5.41, 5.74) is 3.01. The van der Waals surface area contributed by atoms with Gasteiger partial charge >= 0.3 is 6.09 Å². The van der Waals surface area contributed by atoms with Crippen molar-refractivity contribution in [2.75, 3.05) is 32.8 Å². The molecule has 3 heterocycles. The van der Waals surface area contributed by atoms with Gasteiger partial charge in [0, 0.05) is 49.9 Å². The third-order valence-corrected chi connectivity index (χ3v) is 5.68. The van der Waals surface area contributed by atoms with E-state index in [1.165, 1.54) is 0 Å². The number of rotatable bonds is 4. The normalized spacial score (nSPS) is 14.4. The van der Waals surface area contributed by atoms with Crippen molar-refractivity contribution >= 4 is 34.7 Å². The lowest BCUT2D eigenvalue weighted by atomic mass is 10.2. The van der Waals surface area contributed by atoms with Gasteiger partial charge in [0.2, 0.25) is 0 Å². The third-order valence-electron chi connectivity index (χ3n) is 5.31. The first-order chi connectivity index (χ1) is 14.5. The lowest BCUT2D eigenvalue weighted by Gasteiger charge is -2.34. The summed E-state index contributed by atoms with van der Waals surface area (Å²) < 4.78 is 12.8. The zero-order valence-corrected chi connectivity index (χ0v) is 17.8. The van der Waals surface area contributed by atoms with Crippen LogP contribution in [0, 0.1) is 6.92 Å². The van der Waals surface area contributed by atoms with Crippen LogP contribution in [0.3, 0.4) is 0 Å². The summed E-state index contributed by atoms with van der Waals surface area (Å²) in [5.74, 6) is 0.699. The van der Waals surface area contributed by atoms with E-state index in [1.54, 1.807) is 22.8 Å². The molecule has 0 N–H and O–H groups in total. The lowest BCUT2D eigenvalue weighted by Crippen LogP contribution is -2.51. The van der Waals surface area contributed by atoms with Crippen LogP contribution in [0.25, 0.3) is 11.1 Å². The second-order valence-corrected chi connectivity index (χ2v) is 7.70. The van der Waals surface area contributed by atoms with Crippen LogP contribution in [0.2, 0.25) is 5.02 Å². The van der Waals surface area contributed by atoms with Crippen molar-refractivity contribution in [2.24, 2.45) is 0 Å². The maximum absolute atomic E-state index is 13.3. The van der Waals surface area contributed by atoms with Crippen molar-refractivity contribution in [1.29, 1.82) is 0 Å². The molecule has 1 saturated heterocycles. The minimum Gasteiger partial charge on any atom is -0.460 e. The Kier molecular flexibility index (Phi) is 5.72. The van der Waals surface area contributed by atoms with Crippen molar-refractivity contribution in [3.8, 4) is 0 Å². The smallest absolute Gasteiger partial charge is 0.409 e. The number of aromatic nitrogens is 1. The van der Waals surface area contributed by atoms with Gasteiger partial charge in [-0.15, -0.1) is 0 Å². The summed E-state index contributed by atoms with van der Waals surface area (Å²) in [4.78, 5) is 28.7. The first kappa shape index (κ1) is 20.3. The van der Waals surface area contributed by atoms with Crippen LogP contribution in [0.15, 0.2) is 40.8 Å². The zero-order valence-electron chi connectivity index (χ0n) is 17.1. The van der Waals surface area contributed by atoms with E-state index in [0.29, 0.717) is 55.6 Å². The van der Waals surface area contributed by atoms with Crippen LogP contribution in [-0.4, -0.2) is 59.2 Å². The number of benzene rings is 1. The molecule has 8 heteroatoms. The SMILES string of the molecule is CCOC(=O)N1CCN(C(=O)c2cc3oc(C)cc3n2Cc2ccccc2Cl)CC1. The molecule has 7 nitrogen and oxygen atoms in total. The molecular weight excluding hydrogens is 406 g/mol. The predicted octanol–water partition coefficient (Wildman–Crippen LogP) is 4.16. The Morgan fingerprint density at radius 1 is 1.10 bits per heavy atom. The molecule has 1 aliphatic rings. The molecule has 3 aromatic rings. The van der Waals surface area contributed by atoms with E-state index in [1.807, 2.05) is 41.8 Å². The average molecular weight is 430 g/mol. The van der Waals surface area contributed by atoms with E-state index in [4.69, 9.17) is 20.8 Å². The van der Waals surface area contributed by atoms with Gasteiger partial charge in [0.25, 0.3) is 5.91 Å². The summed E-state index contributed by atoms with van der Waals surface area (Å²) in [6, 6.07) is 11.3. The number of ether oxygens (including phenoxy) is 1. The second kappa shape index (κ2) is 8.44. The molecule has 158 valence electrons. The van der Waals surface area contributed by atoms with E-state index >= 15 is 0 Å². The molecule has 0 saturated carbocycles. The average Bonchev–Trinajstić information content (AvgIpc) is 3.26. The summed E-state index contributed by atoms with van der Waals surface area (Å²) in [6.07, 6.45) is -0.334. The molecule has 30 heavy (non-hydrogen) atoms. The van der Waals surface area contributed by atoms with Gasteiger partial charge in [-0.3, -0.25) is 4.79 Å². The fourth-order valence-corrected chi connectivity index (χ4v) is 3.97. The number of furan rings is 1. The number of piperazine rings is 1. The fourth-order valence-electron chi connectivity index (χ4n) is 3.78. The van der Waals surface area contributed by atoms with Gasteiger partial charge in [-0.25, -0.2) is 4.79 Å². The van der Waals surface area contributed by atoms with Gasteiger partial charge in [-0.05, 0) is 25.5 Å². The number of nitrogens with zero attached hydrogens (tertiary/aromatic N) is 3. The van der Waals surface area contributed by atoms with Crippen molar-refractivity contribution < 1.29 is 18.7 Å². The first-order valence-corrected chi connectivity index (χ1v) is 10.4. The van der Waals surface area contributed by atoms with Crippen LogP contribution < -0.4 is 0 Å². The molecule has 0 aliphatic carbocycles. The summed E-state index contributed by atoms with van der Waals surface area (Å²) >= 11 is 6.37. The third kappa shape index (κ3) is 3.89. The molecule has 0 unspecified atom stereocenters. The van der Waals surface area contributed by atoms with E-state index in [9.17, 15) is 9.59 Å². The number of halogens is 1. The van der Waals surface area contributed by atoms with Gasteiger partial charge in [-0.2, -0.15) is 0 Å². The number of hydrogen-bond donors (Lipinski definition) is 0. The van der Waals surface area contributed by atoms with E-state index in [2.05, 4.69) is 0 Å². The molecule has 0 atom stereocenters. The highest BCUT2D eigenvalue weighted by Gasteiger charge is 2.28. The quantitative estimate of drug-likeness (QED) is 0.624. The first-order valence-electron chi connectivity index (χ1n) is 10.0. The highest BCUT2D eigenvalue weighted by molar-refractivity contribution is 6.31. The Morgan fingerprint density at radius 3 is 2.50 bits per heavy atom. The Bertz CT molecular complexity index is 1080. The highest BCUT2D eigenvalue weighted by atomic mass is 35.5. The van der Waals surface area contributed by atoms with Gasteiger partial charge in [0.1, 0.15) is 11.5 Å². The van der Waals surface area contributed by atoms with Gasteiger partial charge in [0.05, 0.1) is 12.1 Å². The van der Waals surface area contributed by atoms with Gasteiger partial charge in [-0.1, -0.05) is 29.8 Å². The molecular formula is C22H24ClN3O4. The number of amides is 2. The molecule has 2 amide bonds. The number of aryl methyl sites for hydroxylation is 1. The molecule has 0 spiro atoms. The van der Waals surface area contributed by atoms with Crippen molar-refractivity contribution in [1.82, 2.24) is 14.4 Å². The monoisotopic (exact) mass is 429 g/mol. The van der Waals surface area contributed by atoms with Crippen LogP contribution >= 0.6 is 11.6 Å². The van der Waals surface area contributed by atoms with Crippen LogP contribution in [0.4, 0.5) is 4.79 Å². The van der Waals surface area contributed by atoms with E-state index in [-0.39, 0.29) is 12.0 Å². The molecule has 1 aromatic carbocycles. The van der Waals surface area contributed by atoms with E-state index in [0.717, 1.165) is 16.8 Å². The van der Waals surface area contributed by atoms with Crippen LogP contribution in [0.5, 0.6) is 0 Å². The second-order valence-electron chi connectivity index (χ2n) is 7.29. The van der Waals surface area contributed by atoms with Crippen molar-refractivity contribution in [2.45, 2.75) is 20.4 Å². The summed E-state index contributed by atoms with van der Waals surface area (Å²) in [5, 5.41) is 0.654. The number of hydrogen-bond acceptors (Lipinski definition) is 4. The lowest BCUT2D eigenvalue weighted by molar-refractivity contribution is 0.0563. The maximum atomic E-state index is 13.3. The standard InChI is InChI=1S/C22H24ClN3O4/c1-3-29-22(28)25-10-8-24(9-11-25)21(27)19-13-20-18(12-15(2)30-20)26(19)14-16-6-4-5-7-17(16)23/h4-7,12-13H,3,8-11,14H2,1-2H3. The number of carbonyl (C=O) groups excluding carboxylic acids is 2. The Balaban J connectivity index is 1.59. The zero-order chi connectivity index (χ0) is 21.3. The topological polar surface area (TPSA) is 67.9 Å². The minimum absolute atomic E-state index is 0.0883. The molecule has 4 rings (SSSR count). The van der Waals surface area contributed by atoms with Crippen molar-refractivity contribution in [3.63, 3.8) is 0 Å². The highest BCUT2D eigenvalue weighted by Crippen LogP contribution is 2.27. The van der Waals surface area contributed by atoms with Crippen LogP contribution in [0.1, 0.15) is 28.7 Å². The summed E-state index contributed by atoms with van der Waals surface area (Å²) in [6.45, 7) is 6.27. The molecule has 0 bridgehead atoms. The van der Waals surface area contributed by atoms with Crippen LogP contribution in [-0.2, 0) is 11.3 Å². The Hall–Kier alpha value is -2.93. The van der Waals surface area contributed by atoms with Crippen molar-refractivity contribution in [3.05, 3.63) is 58.4 Å². The molecule has 1 fully saturated rings. The predicted molar refractivity (Wildman–Crippen MR) is 114 cm³/mol. The minimum atomic E-state index is -0.334. The number of carbonyl (C=O) groups is 2. The van der Waals surface area contributed by atoms with E-state index < -0.39 is 0 Å². The Morgan fingerprint density at radius 2 is 1.80 bits per heavy atom. The Labute approximate surface area is 179 Å². The fraction of sp³-hybridized carbons (Fsp3) is 0.364. The molecule has 0 radical (unpaired) electrons. The van der Waals surface area contributed by atoms with Gasteiger partial charge < -0.3 is 23.5 Å². The maximum Gasteiger partial charge on any atom is 0.409 e. The number of fused-ring (bicyclic) bond motifs is 1. The largest absolute Gasteiger partial charge is 0.460 e. The molecule has 2 aromatic heterocycles. The summed E-state index contributed by atoms with van der Waals surface area (Å²) in [7, 11) is 0. The van der Waals surface area contributed by atoms with Gasteiger partial charge in [0.15, 0.2) is 5.58 Å².